The Morgan fingerprint density at radius 1 is 1.20 bits per heavy atom. The first-order chi connectivity index (χ1) is 9.53. The number of hydrogen-bond donors (Lipinski definition) is 1. The Hall–Kier alpha value is -2.18. The second kappa shape index (κ2) is 4.73. The molecule has 0 fully saturated rings. The van der Waals surface area contributed by atoms with Crippen LogP contribution in [0.5, 0.6) is 5.75 Å². The molecule has 0 bridgehead atoms. The van der Waals surface area contributed by atoms with E-state index in [0.717, 1.165) is 30.0 Å². The van der Waals surface area contributed by atoms with Gasteiger partial charge in [-0.15, -0.1) is 13.2 Å². The SMILES string of the molecule is FC(F)(F)Oc1ccc(N2CN=CC3=C2NCC3)cc1. The molecule has 4 nitrogen and oxygen atoms in total. The van der Waals surface area contributed by atoms with E-state index in [0.29, 0.717) is 6.67 Å². The maximum Gasteiger partial charge on any atom is 0.573 e. The summed E-state index contributed by atoms with van der Waals surface area (Å²) in [6.07, 6.45) is -1.92. The van der Waals surface area contributed by atoms with E-state index >= 15 is 0 Å². The number of alkyl halides is 3. The van der Waals surface area contributed by atoms with Crippen LogP contribution < -0.4 is 15.0 Å². The number of hydrogen-bond acceptors (Lipinski definition) is 4. The van der Waals surface area contributed by atoms with Crippen molar-refractivity contribution in [1.82, 2.24) is 5.32 Å². The Kier molecular flexibility index (Phi) is 3.04. The number of benzene rings is 1. The summed E-state index contributed by atoms with van der Waals surface area (Å²) in [4.78, 5) is 6.18. The highest BCUT2D eigenvalue weighted by Crippen LogP contribution is 2.29. The van der Waals surface area contributed by atoms with Crippen LogP contribution in [0, 0.1) is 0 Å². The van der Waals surface area contributed by atoms with E-state index in [4.69, 9.17) is 0 Å². The number of ether oxygens (including phenoxy) is 1. The van der Waals surface area contributed by atoms with Gasteiger partial charge in [-0.2, -0.15) is 0 Å². The van der Waals surface area contributed by atoms with Crippen molar-refractivity contribution in [2.24, 2.45) is 4.99 Å². The summed E-state index contributed by atoms with van der Waals surface area (Å²) in [6, 6.07) is 5.78. The van der Waals surface area contributed by atoms with Crippen LogP contribution in [-0.2, 0) is 0 Å². The van der Waals surface area contributed by atoms with Gasteiger partial charge in [0.2, 0.25) is 0 Å². The van der Waals surface area contributed by atoms with E-state index < -0.39 is 6.36 Å². The van der Waals surface area contributed by atoms with Gasteiger partial charge in [-0.1, -0.05) is 0 Å². The molecule has 1 N–H and O–H groups in total. The monoisotopic (exact) mass is 283 g/mol. The lowest BCUT2D eigenvalue weighted by Gasteiger charge is -2.27. The maximum atomic E-state index is 12.1. The summed E-state index contributed by atoms with van der Waals surface area (Å²) in [6.45, 7) is 1.30. The molecule has 1 aromatic carbocycles. The van der Waals surface area contributed by atoms with E-state index in [9.17, 15) is 13.2 Å². The maximum absolute atomic E-state index is 12.1. The van der Waals surface area contributed by atoms with Crippen LogP contribution in [-0.4, -0.2) is 25.8 Å². The van der Waals surface area contributed by atoms with Crippen molar-refractivity contribution in [3.63, 3.8) is 0 Å². The van der Waals surface area contributed by atoms with Crippen LogP contribution in [0.2, 0.25) is 0 Å². The fourth-order valence-electron chi connectivity index (χ4n) is 2.28. The molecule has 0 unspecified atom stereocenters. The van der Waals surface area contributed by atoms with Crippen LogP contribution in [0.3, 0.4) is 0 Å². The molecule has 106 valence electrons. The van der Waals surface area contributed by atoms with Crippen molar-refractivity contribution < 1.29 is 17.9 Å². The van der Waals surface area contributed by atoms with Crippen molar-refractivity contribution in [3.05, 3.63) is 35.7 Å². The number of rotatable bonds is 2. The Morgan fingerprint density at radius 2 is 1.95 bits per heavy atom. The molecular formula is C13H12F3N3O. The lowest BCUT2D eigenvalue weighted by molar-refractivity contribution is -0.274. The highest BCUT2D eigenvalue weighted by Gasteiger charge is 2.31. The summed E-state index contributed by atoms with van der Waals surface area (Å²) in [5, 5.41) is 3.26. The standard InChI is InChI=1S/C13H12F3N3O/c14-13(15,16)20-11-3-1-10(2-4-11)19-8-17-7-9-5-6-18-12(9)19/h1-4,7,18H,5-6,8H2. The fraction of sp³-hybridized carbons (Fsp3) is 0.308. The average molecular weight is 283 g/mol. The van der Waals surface area contributed by atoms with Gasteiger partial charge in [0.1, 0.15) is 18.2 Å². The molecule has 2 heterocycles. The summed E-state index contributed by atoms with van der Waals surface area (Å²) in [7, 11) is 0. The van der Waals surface area contributed by atoms with Gasteiger partial charge < -0.3 is 15.0 Å². The molecular weight excluding hydrogens is 271 g/mol. The second-order valence-electron chi connectivity index (χ2n) is 4.47. The third kappa shape index (κ3) is 2.56. The van der Waals surface area contributed by atoms with Gasteiger partial charge in [0, 0.05) is 24.0 Å². The largest absolute Gasteiger partial charge is 0.573 e. The molecule has 0 aromatic heterocycles. The first-order valence-electron chi connectivity index (χ1n) is 6.13. The molecule has 3 rings (SSSR count). The quantitative estimate of drug-likeness (QED) is 0.906. The summed E-state index contributed by atoms with van der Waals surface area (Å²) in [5.41, 5.74) is 1.89. The van der Waals surface area contributed by atoms with E-state index in [2.05, 4.69) is 15.0 Å². The zero-order valence-electron chi connectivity index (χ0n) is 10.4. The minimum absolute atomic E-state index is 0.227. The van der Waals surface area contributed by atoms with Gasteiger partial charge in [0.15, 0.2) is 0 Å². The lowest BCUT2D eigenvalue weighted by atomic mass is 10.2. The second-order valence-corrected chi connectivity index (χ2v) is 4.47. The molecule has 0 saturated carbocycles. The normalized spacial score (nSPS) is 18.1. The van der Waals surface area contributed by atoms with Crippen LogP contribution in [0.4, 0.5) is 18.9 Å². The van der Waals surface area contributed by atoms with E-state index in [1.165, 1.54) is 12.1 Å². The third-order valence-corrected chi connectivity index (χ3v) is 3.11. The van der Waals surface area contributed by atoms with Crippen molar-refractivity contribution in [1.29, 1.82) is 0 Å². The molecule has 2 aliphatic rings. The smallest absolute Gasteiger partial charge is 0.406 e. The van der Waals surface area contributed by atoms with Crippen LogP contribution in [0.25, 0.3) is 0 Å². The van der Waals surface area contributed by atoms with Crippen molar-refractivity contribution in [2.75, 3.05) is 18.1 Å². The molecule has 0 amide bonds. The molecule has 7 heteroatoms. The molecule has 0 saturated heterocycles. The van der Waals surface area contributed by atoms with Gasteiger partial charge in [-0.25, -0.2) is 0 Å². The van der Waals surface area contributed by atoms with Crippen molar-refractivity contribution in [3.8, 4) is 5.75 Å². The van der Waals surface area contributed by atoms with Crippen molar-refractivity contribution >= 4 is 11.9 Å². The molecule has 1 aromatic rings. The Morgan fingerprint density at radius 3 is 2.65 bits per heavy atom. The molecule has 0 aliphatic carbocycles. The first-order valence-corrected chi connectivity index (χ1v) is 6.13. The molecule has 2 aliphatic heterocycles. The van der Waals surface area contributed by atoms with Gasteiger partial charge >= 0.3 is 6.36 Å². The van der Waals surface area contributed by atoms with Crippen LogP contribution in [0.15, 0.2) is 40.7 Å². The Labute approximate surface area is 113 Å². The van der Waals surface area contributed by atoms with Crippen LogP contribution in [0.1, 0.15) is 6.42 Å². The predicted molar refractivity (Wildman–Crippen MR) is 68.6 cm³/mol. The number of aliphatic imine (C=N–C) groups is 1. The van der Waals surface area contributed by atoms with Gasteiger partial charge in [0.05, 0.1) is 0 Å². The molecule has 0 atom stereocenters. The molecule has 0 spiro atoms. The summed E-state index contributed by atoms with van der Waals surface area (Å²) in [5.74, 6) is 0.750. The van der Waals surface area contributed by atoms with E-state index in [1.807, 2.05) is 11.1 Å². The topological polar surface area (TPSA) is 36.9 Å². The van der Waals surface area contributed by atoms with Gasteiger partial charge in [-0.05, 0) is 30.7 Å². The third-order valence-electron chi connectivity index (χ3n) is 3.11. The molecule has 0 radical (unpaired) electrons. The lowest BCUT2D eigenvalue weighted by Crippen LogP contribution is -2.32. The minimum atomic E-state index is -4.67. The zero-order chi connectivity index (χ0) is 14.2. The molecule has 20 heavy (non-hydrogen) atoms. The highest BCUT2D eigenvalue weighted by atomic mass is 19.4. The Balaban J connectivity index is 1.80. The predicted octanol–water partition coefficient (Wildman–Crippen LogP) is 2.64. The van der Waals surface area contributed by atoms with Crippen molar-refractivity contribution in [2.45, 2.75) is 12.8 Å². The van der Waals surface area contributed by atoms with E-state index in [-0.39, 0.29) is 5.75 Å². The van der Waals surface area contributed by atoms with Gasteiger partial charge in [0.25, 0.3) is 0 Å². The Bertz CT molecular complexity index is 563. The summed E-state index contributed by atoms with van der Waals surface area (Å²) >= 11 is 0. The number of anilines is 1. The minimum Gasteiger partial charge on any atom is -0.406 e. The van der Waals surface area contributed by atoms with Gasteiger partial charge in [-0.3, -0.25) is 4.99 Å². The first kappa shape index (κ1) is 12.8. The number of nitrogens with one attached hydrogen (secondary N) is 1. The zero-order valence-corrected chi connectivity index (χ0v) is 10.4. The fourth-order valence-corrected chi connectivity index (χ4v) is 2.28. The average Bonchev–Trinajstić information content (AvgIpc) is 2.86. The highest BCUT2D eigenvalue weighted by molar-refractivity contribution is 5.83. The van der Waals surface area contributed by atoms with Crippen LogP contribution >= 0.6 is 0 Å². The number of nitrogens with zero attached hydrogens (tertiary/aromatic N) is 2. The van der Waals surface area contributed by atoms with E-state index in [1.54, 1.807) is 12.1 Å². The number of halogens is 3. The summed E-state index contributed by atoms with van der Waals surface area (Å²) < 4.78 is 40.2.